The number of aryl methyl sites for hydroxylation is 1. The lowest BCUT2D eigenvalue weighted by atomic mass is 10.1. The highest BCUT2D eigenvalue weighted by Crippen LogP contribution is 2.19. The number of amides is 1. The molecule has 0 bridgehead atoms. The number of nitrogens with one attached hydrogen (secondary N) is 2. The van der Waals surface area contributed by atoms with Crippen LogP contribution in [0.1, 0.15) is 24.3 Å². The van der Waals surface area contributed by atoms with E-state index in [9.17, 15) is 9.18 Å². The average Bonchev–Trinajstić information content (AvgIpc) is 3.19. The Labute approximate surface area is 127 Å². The van der Waals surface area contributed by atoms with Crippen LogP contribution in [0.15, 0.2) is 22.7 Å². The molecule has 2 aromatic rings. The quantitative estimate of drug-likeness (QED) is 0.896. The zero-order chi connectivity index (χ0) is 15.5. The molecule has 3 rings (SSSR count). The fraction of sp³-hybridized carbons (Fsp3) is 0.400. The first kappa shape index (κ1) is 14.6. The van der Waals surface area contributed by atoms with Crippen molar-refractivity contribution < 1.29 is 13.7 Å². The van der Waals surface area contributed by atoms with Crippen LogP contribution in [0.5, 0.6) is 0 Å². The summed E-state index contributed by atoms with van der Waals surface area (Å²) in [6.07, 6.45) is 1.85. The maximum atomic E-state index is 13.3. The van der Waals surface area contributed by atoms with Crippen LogP contribution in [0.4, 0.5) is 4.39 Å². The zero-order valence-corrected chi connectivity index (χ0v) is 12.2. The van der Waals surface area contributed by atoms with Crippen molar-refractivity contribution in [3.05, 3.63) is 35.5 Å². The zero-order valence-electron chi connectivity index (χ0n) is 12.2. The van der Waals surface area contributed by atoms with Gasteiger partial charge in [-0.3, -0.25) is 4.79 Å². The van der Waals surface area contributed by atoms with Crippen molar-refractivity contribution in [2.24, 2.45) is 0 Å². The van der Waals surface area contributed by atoms with Crippen molar-refractivity contribution in [2.45, 2.75) is 32.4 Å². The van der Waals surface area contributed by atoms with Gasteiger partial charge in [0.15, 0.2) is 0 Å². The Balaban J connectivity index is 1.63. The summed E-state index contributed by atoms with van der Waals surface area (Å²) in [4.78, 5) is 16.1. The van der Waals surface area contributed by atoms with Crippen LogP contribution < -0.4 is 10.6 Å². The number of hydrogen-bond acceptors (Lipinski definition) is 5. The van der Waals surface area contributed by atoms with Crippen molar-refractivity contribution in [1.82, 2.24) is 20.8 Å². The molecule has 1 saturated heterocycles. The van der Waals surface area contributed by atoms with Crippen LogP contribution in [0, 0.1) is 12.7 Å². The van der Waals surface area contributed by atoms with Crippen LogP contribution >= 0.6 is 0 Å². The lowest BCUT2D eigenvalue weighted by molar-refractivity contribution is -0.123. The van der Waals surface area contributed by atoms with E-state index in [1.165, 1.54) is 6.07 Å². The van der Waals surface area contributed by atoms with Crippen molar-refractivity contribution in [3.8, 4) is 11.4 Å². The molecule has 7 heteroatoms. The van der Waals surface area contributed by atoms with E-state index < -0.39 is 0 Å². The Kier molecular flexibility index (Phi) is 4.15. The van der Waals surface area contributed by atoms with Gasteiger partial charge in [0.2, 0.25) is 17.6 Å². The van der Waals surface area contributed by atoms with Crippen LogP contribution in [-0.4, -0.2) is 28.6 Å². The summed E-state index contributed by atoms with van der Waals surface area (Å²) in [6, 6.07) is 4.49. The molecule has 22 heavy (non-hydrogen) atoms. The van der Waals surface area contributed by atoms with Crippen LogP contribution in [0.2, 0.25) is 0 Å². The number of halogens is 1. The third-order valence-corrected chi connectivity index (χ3v) is 3.67. The number of carbonyl (C=O) groups excluding carboxylic acids is 1. The monoisotopic (exact) mass is 304 g/mol. The Morgan fingerprint density at radius 1 is 1.55 bits per heavy atom. The maximum Gasteiger partial charge on any atom is 0.246 e. The Bertz CT molecular complexity index is 680. The first-order chi connectivity index (χ1) is 10.6. The van der Waals surface area contributed by atoms with Crippen molar-refractivity contribution in [1.29, 1.82) is 0 Å². The number of hydrogen-bond donors (Lipinski definition) is 2. The fourth-order valence-corrected chi connectivity index (χ4v) is 2.42. The minimum absolute atomic E-state index is 0.0603. The molecule has 0 saturated carbocycles. The third-order valence-electron chi connectivity index (χ3n) is 3.67. The molecule has 1 aliphatic rings. The van der Waals surface area contributed by atoms with Gasteiger partial charge in [0.05, 0.1) is 12.6 Å². The second-order valence-electron chi connectivity index (χ2n) is 5.34. The van der Waals surface area contributed by atoms with E-state index in [-0.39, 0.29) is 24.3 Å². The van der Waals surface area contributed by atoms with E-state index in [2.05, 4.69) is 20.8 Å². The van der Waals surface area contributed by atoms with Gasteiger partial charge in [-0.15, -0.1) is 0 Å². The summed E-state index contributed by atoms with van der Waals surface area (Å²) in [6.45, 7) is 2.73. The second-order valence-corrected chi connectivity index (χ2v) is 5.34. The molecule has 1 fully saturated rings. The first-order valence-corrected chi connectivity index (χ1v) is 7.23. The minimum Gasteiger partial charge on any atom is -0.346 e. The summed E-state index contributed by atoms with van der Waals surface area (Å²) in [5.74, 6) is 0.369. The Hall–Kier alpha value is -2.28. The molecular formula is C15H17FN4O2. The maximum absolute atomic E-state index is 13.3. The molecule has 116 valence electrons. The molecule has 0 spiro atoms. The SMILES string of the molecule is Cc1cc(-c2noc(CNC(=O)C3CCCN3)n2)ccc1F. The van der Waals surface area contributed by atoms with Crippen LogP contribution in [-0.2, 0) is 11.3 Å². The molecule has 1 amide bonds. The van der Waals surface area contributed by atoms with Gasteiger partial charge < -0.3 is 15.2 Å². The summed E-state index contributed by atoms with van der Waals surface area (Å²) in [5.41, 5.74) is 1.20. The van der Waals surface area contributed by atoms with E-state index in [4.69, 9.17) is 4.52 Å². The lowest BCUT2D eigenvalue weighted by Crippen LogP contribution is -2.40. The fourth-order valence-electron chi connectivity index (χ4n) is 2.42. The minimum atomic E-state index is -0.274. The molecule has 1 unspecified atom stereocenters. The van der Waals surface area contributed by atoms with Gasteiger partial charge >= 0.3 is 0 Å². The number of nitrogens with zero attached hydrogens (tertiary/aromatic N) is 2. The van der Waals surface area contributed by atoms with Gasteiger partial charge in [0, 0.05) is 5.56 Å². The number of rotatable bonds is 4. The topological polar surface area (TPSA) is 80.0 Å². The Morgan fingerprint density at radius 3 is 3.14 bits per heavy atom. The first-order valence-electron chi connectivity index (χ1n) is 7.23. The van der Waals surface area contributed by atoms with Crippen LogP contribution in [0.3, 0.4) is 0 Å². The highest BCUT2D eigenvalue weighted by atomic mass is 19.1. The van der Waals surface area contributed by atoms with Crippen molar-refractivity contribution >= 4 is 5.91 Å². The summed E-state index contributed by atoms with van der Waals surface area (Å²) < 4.78 is 18.4. The predicted molar refractivity (Wildman–Crippen MR) is 77.3 cm³/mol. The number of carbonyl (C=O) groups is 1. The highest BCUT2D eigenvalue weighted by Gasteiger charge is 2.22. The molecule has 2 heterocycles. The lowest BCUT2D eigenvalue weighted by Gasteiger charge is -2.08. The number of aromatic nitrogens is 2. The predicted octanol–water partition coefficient (Wildman–Crippen LogP) is 1.55. The summed E-state index contributed by atoms with van der Waals surface area (Å²) >= 11 is 0. The van der Waals surface area contributed by atoms with Gasteiger partial charge in [-0.1, -0.05) is 5.16 Å². The van der Waals surface area contributed by atoms with E-state index in [1.54, 1.807) is 19.1 Å². The van der Waals surface area contributed by atoms with Crippen molar-refractivity contribution in [2.75, 3.05) is 6.54 Å². The second kappa shape index (κ2) is 6.23. The average molecular weight is 304 g/mol. The molecule has 2 N–H and O–H groups in total. The summed E-state index contributed by atoms with van der Waals surface area (Å²) in [5, 5.41) is 9.75. The highest BCUT2D eigenvalue weighted by molar-refractivity contribution is 5.81. The van der Waals surface area contributed by atoms with E-state index >= 15 is 0 Å². The van der Waals surface area contributed by atoms with Crippen LogP contribution in [0.25, 0.3) is 11.4 Å². The Morgan fingerprint density at radius 2 is 2.41 bits per heavy atom. The molecule has 6 nitrogen and oxygen atoms in total. The molecule has 1 aromatic carbocycles. The van der Waals surface area contributed by atoms with Gasteiger partial charge in [-0.05, 0) is 50.1 Å². The molecule has 0 aliphatic carbocycles. The van der Waals surface area contributed by atoms with E-state index in [0.717, 1.165) is 19.4 Å². The standard InChI is InChI=1S/C15H17FN4O2/c1-9-7-10(4-5-11(9)16)14-19-13(22-20-14)8-18-15(21)12-3-2-6-17-12/h4-5,7,12,17H,2-3,6,8H2,1H3,(H,18,21). The molecule has 1 atom stereocenters. The third kappa shape index (κ3) is 3.14. The normalized spacial score (nSPS) is 17.6. The molecule has 1 aromatic heterocycles. The largest absolute Gasteiger partial charge is 0.346 e. The van der Waals surface area contributed by atoms with E-state index in [0.29, 0.717) is 22.8 Å². The molecule has 1 aliphatic heterocycles. The van der Waals surface area contributed by atoms with Gasteiger partial charge in [0.25, 0.3) is 0 Å². The number of benzene rings is 1. The van der Waals surface area contributed by atoms with Crippen molar-refractivity contribution in [3.63, 3.8) is 0 Å². The van der Waals surface area contributed by atoms with Gasteiger partial charge in [-0.25, -0.2) is 4.39 Å². The smallest absolute Gasteiger partial charge is 0.246 e. The van der Waals surface area contributed by atoms with E-state index in [1.807, 2.05) is 0 Å². The molecule has 0 radical (unpaired) electrons. The molecular weight excluding hydrogens is 287 g/mol. The van der Waals surface area contributed by atoms with Gasteiger partial charge in [0.1, 0.15) is 5.82 Å². The summed E-state index contributed by atoms with van der Waals surface area (Å²) in [7, 11) is 0. The van der Waals surface area contributed by atoms with Gasteiger partial charge in [-0.2, -0.15) is 4.98 Å².